The van der Waals surface area contributed by atoms with Gasteiger partial charge in [0, 0.05) is 30.6 Å². The minimum absolute atomic E-state index is 0.0570. The zero-order valence-corrected chi connectivity index (χ0v) is 16.7. The number of morpholine rings is 1. The second-order valence-corrected chi connectivity index (χ2v) is 8.70. The van der Waals surface area contributed by atoms with Crippen LogP contribution in [-0.4, -0.2) is 65.3 Å². The van der Waals surface area contributed by atoms with Gasteiger partial charge in [-0.25, -0.2) is 0 Å². The number of carbonyl (C=O) groups is 1. The number of hydrogen-bond acceptors (Lipinski definition) is 6. The Labute approximate surface area is 167 Å². The summed E-state index contributed by atoms with van der Waals surface area (Å²) in [5.74, 6) is 1.05. The summed E-state index contributed by atoms with van der Waals surface area (Å²) in [5.41, 5.74) is 0.925. The number of rotatable bonds is 6. The Kier molecular flexibility index (Phi) is 5.97. The maximum absolute atomic E-state index is 12.8. The Morgan fingerprint density at radius 1 is 1.37 bits per heavy atom. The molecule has 0 bridgehead atoms. The molecule has 0 aromatic carbocycles. The number of aromatic amines is 1. The van der Waals surface area contributed by atoms with Crippen LogP contribution in [0.1, 0.15) is 29.5 Å². The fourth-order valence-electron chi connectivity index (χ4n) is 3.64. The third-order valence-corrected chi connectivity index (χ3v) is 6.29. The van der Waals surface area contributed by atoms with E-state index in [1.807, 2.05) is 23.1 Å². The van der Waals surface area contributed by atoms with E-state index >= 15 is 0 Å². The summed E-state index contributed by atoms with van der Waals surface area (Å²) >= 11 is 7.53. The minimum atomic E-state index is 0.0570. The van der Waals surface area contributed by atoms with E-state index in [0.717, 1.165) is 48.3 Å². The van der Waals surface area contributed by atoms with Crippen LogP contribution in [0.5, 0.6) is 0 Å². The highest BCUT2D eigenvalue weighted by atomic mass is 35.5. The molecule has 2 aliphatic heterocycles. The molecule has 2 N–H and O–H groups in total. The van der Waals surface area contributed by atoms with Crippen molar-refractivity contribution in [2.45, 2.75) is 25.4 Å². The topological polar surface area (TPSA) is 73.5 Å². The van der Waals surface area contributed by atoms with Crippen molar-refractivity contribution in [3.05, 3.63) is 33.1 Å². The summed E-state index contributed by atoms with van der Waals surface area (Å²) in [4.78, 5) is 18.1. The van der Waals surface area contributed by atoms with E-state index in [0.29, 0.717) is 26.3 Å². The van der Waals surface area contributed by atoms with Gasteiger partial charge in [-0.05, 0) is 25.0 Å². The number of hydrogen-bond donors (Lipinski definition) is 2. The number of ether oxygens (including phenoxy) is 1. The van der Waals surface area contributed by atoms with E-state index < -0.39 is 0 Å². The molecule has 1 amide bonds. The molecule has 2 saturated heterocycles. The zero-order valence-electron chi connectivity index (χ0n) is 15.1. The lowest BCUT2D eigenvalue weighted by Gasteiger charge is -2.30. The summed E-state index contributed by atoms with van der Waals surface area (Å²) in [6.45, 7) is 5.04. The zero-order chi connectivity index (χ0) is 18.6. The number of nitrogens with zero attached hydrogens (tertiary/aromatic N) is 3. The smallest absolute Gasteiger partial charge is 0.237 e. The second kappa shape index (κ2) is 8.60. The summed E-state index contributed by atoms with van der Waals surface area (Å²) in [7, 11) is 0. The second-order valence-electron chi connectivity index (χ2n) is 6.90. The summed E-state index contributed by atoms with van der Waals surface area (Å²) in [5, 5.41) is 10.8. The molecule has 4 rings (SSSR count). The molecule has 1 unspecified atom stereocenters. The first kappa shape index (κ1) is 18.7. The monoisotopic (exact) mass is 409 g/mol. The number of likely N-dealkylation sites (tertiary alicyclic amines) is 1. The van der Waals surface area contributed by atoms with Crippen molar-refractivity contribution in [2.75, 3.05) is 44.7 Å². The van der Waals surface area contributed by atoms with Crippen LogP contribution in [0, 0.1) is 0 Å². The van der Waals surface area contributed by atoms with Crippen LogP contribution in [-0.2, 0) is 16.1 Å². The van der Waals surface area contributed by atoms with Crippen LogP contribution in [0.4, 0.5) is 5.82 Å². The van der Waals surface area contributed by atoms with Crippen LogP contribution in [0.15, 0.2) is 18.2 Å². The molecule has 2 fully saturated rings. The molecule has 27 heavy (non-hydrogen) atoms. The molecule has 0 radical (unpaired) electrons. The van der Waals surface area contributed by atoms with E-state index in [1.54, 1.807) is 11.3 Å². The number of thiophene rings is 1. The van der Waals surface area contributed by atoms with Crippen molar-refractivity contribution >= 4 is 34.7 Å². The molecule has 2 aromatic heterocycles. The third-order valence-electron chi connectivity index (χ3n) is 5.06. The van der Waals surface area contributed by atoms with Gasteiger partial charge in [-0.15, -0.1) is 11.3 Å². The SMILES string of the molecule is O=C(CN1CCOCC1)N1CCCC1c1cc(NCc2ccc(Cl)s2)[nH]n1. The normalized spacial score (nSPS) is 20.9. The minimum Gasteiger partial charge on any atom is -0.379 e. The quantitative estimate of drug-likeness (QED) is 0.767. The van der Waals surface area contributed by atoms with E-state index in [-0.39, 0.29) is 11.9 Å². The molecule has 2 aromatic rings. The molecule has 0 spiro atoms. The van der Waals surface area contributed by atoms with Gasteiger partial charge in [0.05, 0.1) is 42.4 Å². The van der Waals surface area contributed by atoms with E-state index in [1.165, 1.54) is 4.88 Å². The van der Waals surface area contributed by atoms with Gasteiger partial charge in [0.25, 0.3) is 0 Å². The fraction of sp³-hybridized carbons (Fsp3) is 0.556. The first-order valence-electron chi connectivity index (χ1n) is 9.32. The van der Waals surface area contributed by atoms with E-state index in [2.05, 4.69) is 20.4 Å². The van der Waals surface area contributed by atoms with Gasteiger partial charge in [-0.1, -0.05) is 11.6 Å². The number of H-pyrrole nitrogens is 1. The number of nitrogens with one attached hydrogen (secondary N) is 2. The van der Waals surface area contributed by atoms with Crippen molar-refractivity contribution in [1.29, 1.82) is 0 Å². The predicted octanol–water partition coefficient (Wildman–Crippen LogP) is 2.73. The Morgan fingerprint density at radius 2 is 2.22 bits per heavy atom. The van der Waals surface area contributed by atoms with Crippen molar-refractivity contribution < 1.29 is 9.53 Å². The average molecular weight is 410 g/mol. The molecular weight excluding hydrogens is 386 g/mol. The molecule has 7 nitrogen and oxygen atoms in total. The standard InChI is InChI=1S/C18H24ClN5O2S/c19-16-4-3-13(27-16)11-20-17-10-14(21-22-17)15-2-1-5-24(15)18(25)12-23-6-8-26-9-7-23/h3-4,10,15H,1-2,5-9,11-12H2,(H2,20,21,22). The van der Waals surface area contributed by atoms with Crippen LogP contribution < -0.4 is 5.32 Å². The van der Waals surface area contributed by atoms with Crippen LogP contribution in [0.3, 0.4) is 0 Å². The fourth-order valence-corrected chi connectivity index (χ4v) is 4.67. The van der Waals surface area contributed by atoms with Gasteiger partial charge in [0.1, 0.15) is 5.82 Å². The summed E-state index contributed by atoms with van der Waals surface area (Å²) in [6.07, 6.45) is 1.97. The van der Waals surface area contributed by atoms with Gasteiger partial charge in [-0.2, -0.15) is 5.10 Å². The van der Waals surface area contributed by atoms with Crippen LogP contribution in [0.25, 0.3) is 0 Å². The molecule has 2 aliphatic rings. The summed E-state index contributed by atoms with van der Waals surface area (Å²) in [6, 6.07) is 5.99. The lowest BCUT2D eigenvalue weighted by molar-refractivity contribution is -0.134. The largest absolute Gasteiger partial charge is 0.379 e. The van der Waals surface area contributed by atoms with Gasteiger partial charge in [0.15, 0.2) is 0 Å². The maximum Gasteiger partial charge on any atom is 0.237 e. The van der Waals surface area contributed by atoms with Crippen LogP contribution in [0.2, 0.25) is 4.34 Å². The highest BCUT2D eigenvalue weighted by Crippen LogP contribution is 2.32. The van der Waals surface area contributed by atoms with Crippen molar-refractivity contribution in [3.8, 4) is 0 Å². The molecule has 0 saturated carbocycles. The lowest BCUT2D eigenvalue weighted by Crippen LogP contribution is -2.44. The molecule has 9 heteroatoms. The molecule has 1 atom stereocenters. The van der Waals surface area contributed by atoms with Crippen molar-refractivity contribution in [3.63, 3.8) is 0 Å². The van der Waals surface area contributed by atoms with Gasteiger partial charge < -0.3 is 15.0 Å². The predicted molar refractivity (Wildman–Crippen MR) is 106 cm³/mol. The number of amides is 1. The first-order valence-corrected chi connectivity index (χ1v) is 10.5. The average Bonchev–Trinajstić information content (AvgIpc) is 3.41. The molecule has 4 heterocycles. The van der Waals surface area contributed by atoms with Crippen molar-refractivity contribution in [1.82, 2.24) is 20.0 Å². The Bertz CT molecular complexity index is 773. The number of anilines is 1. The third kappa shape index (κ3) is 4.63. The highest BCUT2D eigenvalue weighted by Gasteiger charge is 2.32. The van der Waals surface area contributed by atoms with Gasteiger partial charge >= 0.3 is 0 Å². The Balaban J connectivity index is 1.35. The van der Waals surface area contributed by atoms with E-state index in [9.17, 15) is 4.79 Å². The number of carbonyl (C=O) groups excluding carboxylic acids is 1. The molecule has 146 valence electrons. The Hall–Kier alpha value is -1.61. The number of halogens is 1. The molecule has 0 aliphatic carbocycles. The van der Waals surface area contributed by atoms with Crippen molar-refractivity contribution in [2.24, 2.45) is 0 Å². The van der Waals surface area contributed by atoms with E-state index in [4.69, 9.17) is 16.3 Å². The maximum atomic E-state index is 12.8. The number of aromatic nitrogens is 2. The first-order chi connectivity index (χ1) is 13.2. The van der Waals surface area contributed by atoms with Gasteiger partial charge in [0.2, 0.25) is 5.91 Å². The summed E-state index contributed by atoms with van der Waals surface area (Å²) < 4.78 is 6.15. The lowest BCUT2D eigenvalue weighted by atomic mass is 10.1. The highest BCUT2D eigenvalue weighted by molar-refractivity contribution is 7.16. The molecular formula is C18H24ClN5O2S. The van der Waals surface area contributed by atoms with Crippen LogP contribution >= 0.6 is 22.9 Å². The van der Waals surface area contributed by atoms with Gasteiger partial charge in [-0.3, -0.25) is 14.8 Å². The Morgan fingerprint density at radius 3 is 3.00 bits per heavy atom.